The van der Waals surface area contributed by atoms with Gasteiger partial charge in [-0.1, -0.05) is 5.16 Å². The molecular weight excluding hydrogens is 400 g/mol. The number of ether oxygens (including phenoxy) is 3. The van der Waals surface area contributed by atoms with Crippen LogP contribution in [0.25, 0.3) is 11.4 Å². The molecule has 0 saturated heterocycles. The predicted molar refractivity (Wildman–Crippen MR) is 103 cm³/mol. The molecule has 30 heavy (non-hydrogen) atoms. The highest BCUT2D eigenvalue weighted by Crippen LogP contribution is 2.32. The maximum absolute atomic E-state index is 12.4. The summed E-state index contributed by atoms with van der Waals surface area (Å²) in [5, 5.41) is 3.81. The first-order chi connectivity index (χ1) is 14.4. The highest BCUT2D eigenvalue weighted by atomic mass is 19.3. The van der Waals surface area contributed by atoms with E-state index >= 15 is 0 Å². The maximum atomic E-state index is 12.4. The molecule has 8 nitrogen and oxygen atoms in total. The lowest BCUT2D eigenvalue weighted by Gasteiger charge is -2.12. The van der Waals surface area contributed by atoms with Gasteiger partial charge in [0.15, 0.2) is 18.1 Å². The van der Waals surface area contributed by atoms with Crippen LogP contribution >= 0.6 is 0 Å². The summed E-state index contributed by atoms with van der Waals surface area (Å²) in [7, 11) is 5.12. The summed E-state index contributed by atoms with van der Waals surface area (Å²) >= 11 is 0. The average Bonchev–Trinajstić information content (AvgIpc) is 3.21. The van der Waals surface area contributed by atoms with E-state index < -0.39 is 12.6 Å². The van der Waals surface area contributed by atoms with E-state index in [4.69, 9.17) is 14.0 Å². The van der Waals surface area contributed by atoms with Crippen LogP contribution in [0, 0.1) is 0 Å². The van der Waals surface area contributed by atoms with E-state index in [1.54, 1.807) is 24.3 Å². The third-order valence-corrected chi connectivity index (χ3v) is 4.05. The van der Waals surface area contributed by atoms with Gasteiger partial charge in [-0.2, -0.15) is 13.8 Å². The largest absolute Gasteiger partial charge is 0.493 e. The number of halogens is 2. The first kappa shape index (κ1) is 21.0. The molecule has 1 aromatic heterocycles. The second kappa shape index (κ2) is 9.21. The molecule has 0 unspecified atom stereocenters. The lowest BCUT2D eigenvalue weighted by molar-refractivity contribution is -0.0512. The molecule has 0 fully saturated rings. The molecule has 0 saturated carbocycles. The van der Waals surface area contributed by atoms with Gasteiger partial charge in [0.05, 0.1) is 12.7 Å². The number of aromatic nitrogens is 2. The summed E-state index contributed by atoms with van der Waals surface area (Å²) in [5.41, 5.74) is 1.79. The highest BCUT2D eigenvalue weighted by molar-refractivity contribution is 5.89. The van der Waals surface area contributed by atoms with E-state index in [0.29, 0.717) is 11.1 Å². The van der Waals surface area contributed by atoms with Crippen LogP contribution in [-0.2, 0) is 11.3 Å². The fraction of sp³-hybridized carbons (Fsp3) is 0.250. The Labute approximate surface area is 171 Å². The van der Waals surface area contributed by atoms with E-state index in [0.717, 1.165) is 5.69 Å². The molecule has 0 spiro atoms. The Morgan fingerprint density at radius 3 is 2.50 bits per heavy atom. The molecule has 158 valence electrons. The Balaban J connectivity index is 1.65. The number of hydrogen-bond donors (Lipinski definition) is 0. The van der Waals surface area contributed by atoms with Crippen molar-refractivity contribution in [2.75, 3.05) is 26.1 Å². The Morgan fingerprint density at radius 1 is 1.13 bits per heavy atom. The third kappa shape index (κ3) is 5.02. The Hall–Kier alpha value is -3.69. The molecule has 0 amide bonds. The Kier molecular flexibility index (Phi) is 6.45. The molecule has 3 aromatic rings. The average molecular weight is 419 g/mol. The molecule has 0 aliphatic carbocycles. The van der Waals surface area contributed by atoms with Gasteiger partial charge in [-0.05, 0) is 42.5 Å². The molecule has 1 heterocycles. The molecule has 0 atom stereocenters. The summed E-state index contributed by atoms with van der Waals surface area (Å²) in [6.07, 6.45) is 0. The predicted octanol–water partition coefficient (Wildman–Crippen LogP) is 3.77. The van der Waals surface area contributed by atoms with E-state index in [1.165, 1.54) is 25.3 Å². The van der Waals surface area contributed by atoms with E-state index in [1.807, 2.05) is 19.0 Å². The topological polar surface area (TPSA) is 86.9 Å². The van der Waals surface area contributed by atoms with Gasteiger partial charge in [0.1, 0.15) is 0 Å². The monoisotopic (exact) mass is 419 g/mol. The zero-order valence-corrected chi connectivity index (χ0v) is 16.5. The smallest absolute Gasteiger partial charge is 0.387 e. The molecule has 0 aliphatic rings. The van der Waals surface area contributed by atoms with Crippen molar-refractivity contribution >= 4 is 11.7 Å². The van der Waals surface area contributed by atoms with E-state index in [-0.39, 0.29) is 29.8 Å². The molecule has 0 bridgehead atoms. The molecule has 0 aliphatic heterocycles. The van der Waals surface area contributed by atoms with Crippen molar-refractivity contribution in [3.8, 4) is 22.9 Å². The summed E-state index contributed by atoms with van der Waals surface area (Å²) in [6, 6.07) is 11.1. The van der Waals surface area contributed by atoms with Crippen LogP contribution < -0.4 is 14.4 Å². The highest BCUT2D eigenvalue weighted by Gasteiger charge is 2.16. The van der Waals surface area contributed by atoms with Crippen molar-refractivity contribution < 1.29 is 32.3 Å². The van der Waals surface area contributed by atoms with Crippen LogP contribution in [0.4, 0.5) is 14.5 Å². The van der Waals surface area contributed by atoms with Crippen molar-refractivity contribution in [3.05, 3.63) is 53.9 Å². The fourth-order valence-electron chi connectivity index (χ4n) is 2.54. The van der Waals surface area contributed by atoms with Crippen LogP contribution in [0.5, 0.6) is 11.5 Å². The lowest BCUT2D eigenvalue weighted by Crippen LogP contribution is -2.09. The van der Waals surface area contributed by atoms with Gasteiger partial charge in [0.2, 0.25) is 5.82 Å². The van der Waals surface area contributed by atoms with Crippen LogP contribution in [0.1, 0.15) is 16.2 Å². The Bertz CT molecular complexity index is 1010. The standard InChI is InChI=1S/C20H19F2N3O5/c1-25(2)14-7-4-12(5-8-14)19(26)28-11-17-23-18(24-30-17)13-6-9-15(29-20(21)22)16(10-13)27-3/h4-10,20H,11H2,1-3H3. The second-order valence-electron chi connectivity index (χ2n) is 6.27. The third-order valence-electron chi connectivity index (χ3n) is 4.05. The SMILES string of the molecule is COc1cc(-c2noc(COC(=O)c3ccc(N(C)C)cc3)n2)ccc1OC(F)F. The van der Waals surface area contributed by atoms with Crippen molar-refractivity contribution in [2.24, 2.45) is 0 Å². The van der Waals surface area contributed by atoms with Gasteiger partial charge < -0.3 is 23.6 Å². The minimum Gasteiger partial charge on any atom is -0.493 e. The van der Waals surface area contributed by atoms with Crippen molar-refractivity contribution in [1.29, 1.82) is 0 Å². The summed E-state index contributed by atoms with van der Waals surface area (Å²) in [5.74, 6) is -0.301. The number of esters is 1. The van der Waals surface area contributed by atoms with Gasteiger partial charge >= 0.3 is 12.6 Å². The van der Waals surface area contributed by atoms with Gasteiger partial charge in [-0.15, -0.1) is 0 Å². The number of rotatable bonds is 8. The fourth-order valence-corrected chi connectivity index (χ4v) is 2.54. The molecule has 10 heteroatoms. The molecular formula is C20H19F2N3O5. The van der Waals surface area contributed by atoms with Gasteiger partial charge in [-0.3, -0.25) is 0 Å². The minimum absolute atomic E-state index is 0.0788. The summed E-state index contributed by atoms with van der Waals surface area (Å²) < 4.78 is 44.6. The number of anilines is 1. The molecule has 0 N–H and O–H groups in total. The van der Waals surface area contributed by atoms with Crippen molar-refractivity contribution in [2.45, 2.75) is 13.2 Å². The number of hydrogen-bond acceptors (Lipinski definition) is 8. The maximum Gasteiger partial charge on any atom is 0.387 e. The van der Waals surface area contributed by atoms with E-state index in [2.05, 4.69) is 14.9 Å². The molecule has 2 aromatic carbocycles. The zero-order valence-electron chi connectivity index (χ0n) is 16.5. The summed E-state index contributed by atoms with van der Waals surface area (Å²) in [4.78, 5) is 18.2. The second-order valence-corrected chi connectivity index (χ2v) is 6.27. The number of carbonyl (C=O) groups is 1. The first-order valence-electron chi connectivity index (χ1n) is 8.77. The van der Waals surface area contributed by atoms with Gasteiger partial charge in [0, 0.05) is 25.3 Å². The van der Waals surface area contributed by atoms with Crippen molar-refractivity contribution in [1.82, 2.24) is 10.1 Å². The van der Waals surface area contributed by atoms with Crippen LogP contribution in [0.15, 0.2) is 47.0 Å². The quantitative estimate of drug-likeness (QED) is 0.510. The number of methoxy groups -OCH3 is 1. The number of alkyl halides is 2. The van der Waals surface area contributed by atoms with Crippen LogP contribution in [-0.4, -0.2) is 43.9 Å². The normalized spacial score (nSPS) is 10.7. The van der Waals surface area contributed by atoms with Crippen LogP contribution in [0.3, 0.4) is 0 Å². The first-order valence-corrected chi connectivity index (χ1v) is 8.77. The Morgan fingerprint density at radius 2 is 1.87 bits per heavy atom. The molecule has 3 rings (SSSR count). The number of benzene rings is 2. The number of nitrogens with zero attached hydrogens (tertiary/aromatic N) is 3. The van der Waals surface area contributed by atoms with Crippen molar-refractivity contribution in [3.63, 3.8) is 0 Å². The number of carbonyl (C=O) groups excluding carboxylic acids is 1. The van der Waals surface area contributed by atoms with E-state index in [9.17, 15) is 13.6 Å². The molecule has 0 radical (unpaired) electrons. The lowest BCUT2D eigenvalue weighted by atomic mass is 10.2. The van der Waals surface area contributed by atoms with Gasteiger partial charge in [0.25, 0.3) is 5.89 Å². The van der Waals surface area contributed by atoms with Gasteiger partial charge in [-0.25, -0.2) is 4.79 Å². The minimum atomic E-state index is -2.98. The van der Waals surface area contributed by atoms with Crippen LogP contribution in [0.2, 0.25) is 0 Å². The summed E-state index contributed by atoms with van der Waals surface area (Å²) in [6.45, 7) is -3.19. The zero-order chi connectivity index (χ0) is 21.7.